The van der Waals surface area contributed by atoms with Gasteiger partial charge in [0.15, 0.2) is 5.76 Å². The fraction of sp³-hybridized carbons (Fsp3) is 0.182. The van der Waals surface area contributed by atoms with E-state index in [1.807, 2.05) is 0 Å². The van der Waals surface area contributed by atoms with Crippen molar-refractivity contribution in [2.24, 2.45) is 0 Å². The number of benzene rings is 1. The van der Waals surface area contributed by atoms with E-state index in [9.17, 15) is 5.11 Å². The normalized spacial score (nSPS) is 10.2. The molecule has 1 heterocycles. The van der Waals surface area contributed by atoms with Gasteiger partial charge in [-0.15, -0.1) is 0 Å². The number of aromatic nitrogens is 1. The van der Waals surface area contributed by atoms with Crippen LogP contribution in [0.25, 0.3) is 0 Å². The molecule has 0 saturated heterocycles. The van der Waals surface area contributed by atoms with Crippen molar-refractivity contribution in [3.05, 3.63) is 41.8 Å². The van der Waals surface area contributed by atoms with Gasteiger partial charge in [0.05, 0.1) is 6.20 Å². The molecular formula is C11H11NO3. The van der Waals surface area contributed by atoms with Gasteiger partial charge in [0.25, 0.3) is 0 Å². The van der Waals surface area contributed by atoms with Gasteiger partial charge in [-0.05, 0) is 19.1 Å². The first-order chi connectivity index (χ1) is 7.27. The maximum absolute atomic E-state index is 9.44. The van der Waals surface area contributed by atoms with Crippen LogP contribution in [-0.2, 0) is 6.61 Å². The lowest BCUT2D eigenvalue weighted by atomic mass is 10.2. The van der Waals surface area contributed by atoms with Crippen molar-refractivity contribution in [1.82, 2.24) is 5.16 Å². The van der Waals surface area contributed by atoms with E-state index in [4.69, 9.17) is 9.26 Å². The Morgan fingerprint density at radius 2 is 2.27 bits per heavy atom. The van der Waals surface area contributed by atoms with Crippen molar-refractivity contribution in [3.63, 3.8) is 0 Å². The summed E-state index contributed by atoms with van der Waals surface area (Å²) in [4.78, 5) is 0. The number of hydrogen-bond acceptors (Lipinski definition) is 4. The number of phenolic OH excluding ortho intramolecular Hbond substituents is 1. The van der Waals surface area contributed by atoms with Gasteiger partial charge < -0.3 is 14.4 Å². The molecule has 0 bridgehead atoms. The fourth-order valence-corrected chi connectivity index (χ4v) is 1.22. The van der Waals surface area contributed by atoms with Crippen LogP contribution >= 0.6 is 0 Å². The largest absolute Gasteiger partial charge is 0.508 e. The van der Waals surface area contributed by atoms with Crippen LogP contribution in [0.1, 0.15) is 11.3 Å². The Balaban J connectivity index is 2.08. The third kappa shape index (κ3) is 2.10. The standard InChI is InChI=1S/C11H11NO3/c1-8-10(13)3-2-4-11(8)14-7-9-5-6-12-15-9/h2-6,13H,7H2,1H3. The van der Waals surface area contributed by atoms with Crippen LogP contribution in [0.5, 0.6) is 11.5 Å². The molecule has 2 rings (SSSR count). The van der Waals surface area contributed by atoms with E-state index >= 15 is 0 Å². The molecule has 0 atom stereocenters. The Morgan fingerprint density at radius 3 is 3.00 bits per heavy atom. The zero-order valence-corrected chi connectivity index (χ0v) is 8.30. The van der Waals surface area contributed by atoms with Gasteiger partial charge in [-0.1, -0.05) is 11.2 Å². The minimum absolute atomic E-state index is 0.227. The van der Waals surface area contributed by atoms with E-state index in [0.717, 1.165) is 5.56 Å². The molecule has 0 saturated carbocycles. The lowest BCUT2D eigenvalue weighted by molar-refractivity contribution is 0.247. The highest BCUT2D eigenvalue weighted by atomic mass is 16.5. The third-order valence-corrected chi connectivity index (χ3v) is 2.12. The third-order valence-electron chi connectivity index (χ3n) is 2.12. The second-order valence-electron chi connectivity index (χ2n) is 3.17. The van der Waals surface area contributed by atoms with Crippen LogP contribution in [-0.4, -0.2) is 10.3 Å². The molecule has 0 radical (unpaired) electrons. The molecule has 0 fully saturated rings. The number of aromatic hydroxyl groups is 1. The molecule has 0 aliphatic rings. The zero-order valence-electron chi connectivity index (χ0n) is 8.30. The molecule has 0 aliphatic heterocycles. The van der Waals surface area contributed by atoms with E-state index in [1.165, 1.54) is 0 Å². The first-order valence-corrected chi connectivity index (χ1v) is 4.58. The Hall–Kier alpha value is -1.97. The molecule has 1 N–H and O–H groups in total. The molecule has 0 aliphatic carbocycles. The predicted octanol–water partition coefficient (Wildman–Crippen LogP) is 2.27. The van der Waals surface area contributed by atoms with Crippen molar-refractivity contribution < 1.29 is 14.4 Å². The van der Waals surface area contributed by atoms with Crippen LogP contribution < -0.4 is 4.74 Å². The summed E-state index contributed by atoms with van der Waals surface area (Å²) in [6.45, 7) is 2.11. The van der Waals surface area contributed by atoms with Crippen molar-refractivity contribution >= 4 is 0 Å². The number of rotatable bonds is 3. The van der Waals surface area contributed by atoms with Crippen LogP contribution in [0.3, 0.4) is 0 Å². The van der Waals surface area contributed by atoms with Gasteiger partial charge in [0, 0.05) is 11.6 Å². The summed E-state index contributed by atoms with van der Waals surface area (Å²) in [7, 11) is 0. The molecule has 1 aromatic carbocycles. The lowest BCUT2D eigenvalue weighted by Crippen LogP contribution is -1.95. The highest BCUT2D eigenvalue weighted by molar-refractivity contribution is 5.42. The molecule has 4 nitrogen and oxygen atoms in total. The Morgan fingerprint density at radius 1 is 1.40 bits per heavy atom. The fourth-order valence-electron chi connectivity index (χ4n) is 1.22. The molecule has 0 spiro atoms. The molecule has 0 unspecified atom stereocenters. The second kappa shape index (κ2) is 4.04. The van der Waals surface area contributed by atoms with E-state index in [1.54, 1.807) is 37.4 Å². The number of nitrogens with zero attached hydrogens (tertiary/aromatic N) is 1. The molecule has 0 amide bonds. The Labute approximate surface area is 87.1 Å². The first kappa shape index (κ1) is 9.58. The number of hydrogen-bond donors (Lipinski definition) is 1. The monoisotopic (exact) mass is 205 g/mol. The minimum Gasteiger partial charge on any atom is -0.508 e. The molecule has 2 aromatic rings. The highest BCUT2D eigenvalue weighted by Gasteiger charge is 2.04. The summed E-state index contributed by atoms with van der Waals surface area (Å²) in [6, 6.07) is 6.89. The van der Waals surface area contributed by atoms with Crippen molar-refractivity contribution in [2.45, 2.75) is 13.5 Å². The maximum Gasteiger partial charge on any atom is 0.174 e. The average molecular weight is 205 g/mol. The SMILES string of the molecule is Cc1c(O)cccc1OCc1ccno1. The summed E-state index contributed by atoms with van der Waals surface area (Å²) in [5.74, 6) is 1.52. The maximum atomic E-state index is 9.44. The second-order valence-corrected chi connectivity index (χ2v) is 3.17. The van der Waals surface area contributed by atoms with Crippen LogP contribution in [0, 0.1) is 6.92 Å². The van der Waals surface area contributed by atoms with Gasteiger partial charge in [0.2, 0.25) is 0 Å². The average Bonchev–Trinajstić information content (AvgIpc) is 2.73. The number of ether oxygens (including phenoxy) is 1. The molecule has 15 heavy (non-hydrogen) atoms. The van der Waals surface area contributed by atoms with E-state index < -0.39 is 0 Å². The van der Waals surface area contributed by atoms with Gasteiger partial charge >= 0.3 is 0 Å². The van der Waals surface area contributed by atoms with Gasteiger partial charge in [-0.3, -0.25) is 0 Å². The van der Waals surface area contributed by atoms with E-state index in [0.29, 0.717) is 18.1 Å². The van der Waals surface area contributed by atoms with Crippen LogP contribution in [0.15, 0.2) is 35.0 Å². The lowest BCUT2D eigenvalue weighted by Gasteiger charge is -2.07. The van der Waals surface area contributed by atoms with Crippen molar-refractivity contribution in [1.29, 1.82) is 0 Å². The van der Waals surface area contributed by atoms with E-state index in [2.05, 4.69) is 5.16 Å². The first-order valence-electron chi connectivity index (χ1n) is 4.58. The summed E-state index contributed by atoms with van der Waals surface area (Å²) in [6.07, 6.45) is 1.56. The quantitative estimate of drug-likeness (QED) is 0.835. The van der Waals surface area contributed by atoms with Gasteiger partial charge in [-0.25, -0.2) is 0 Å². The smallest absolute Gasteiger partial charge is 0.174 e. The van der Waals surface area contributed by atoms with Gasteiger partial charge in [0.1, 0.15) is 18.1 Å². The van der Waals surface area contributed by atoms with E-state index in [-0.39, 0.29) is 5.75 Å². The van der Waals surface area contributed by atoms with Crippen molar-refractivity contribution in [3.8, 4) is 11.5 Å². The summed E-state index contributed by atoms with van der Waals surface area (Å²) in [5.41, 5.74) is 0.719. The van der Waals surface area contributed by atoms with Crippen LogP contribution in [0.2, 0.25) is 0 Å². The zero-order chi connectivity index (χ0) is 10.7. The topological polar surface area (TPSA) is 55.5 Å². The molecule has 1 aromatic heterocycles. The van der Waals surface area contributed by atoms with Crippen LogP contribution in [0.4, 0.5) is 0 Å². The minimum atomic E-state index is 0.227. The summed E-state index contributed by atoms with van der Waals surface area (Å²) >= 11 is 0. The predicted molar refractivity (Wildman–Crippen MR) is 53.7 cm³/mol. The Kier molecular flexibility index (Phi) is 2.58. The highest BCUT2D eigenvalue weighted by Crippen LogP contribution is 2.26. The molecule has 4 heteroatoms. The molecule has 78 valence electrons. The van der Waals surface area contributed by atoms with Crippen molar-refractivity contribution in [2.75, 3.05) is 0 Å². The number of phenols is 1. The summed E-state index contributed by atoms with van der Waals surface area (Å²) in [5, 5.41) is 13.0. The summed E-state index contributed by atoms with van der Waals surface area (Å²) < 4.78 is 10.4. The van der Waals surface area contributed by atoms with Gasteiger partial charge in [-0.2, -0.15) is 0 Å². The molecular weight excluding hydrogens is 194 g/mol. The Bertz CT molecular complexity index is 437.